The molecule has 0 heterocycles. The van der Waals surface area contributed by atoms with Gasteiger partial charge >= 0.3 is 0 Å². The normalized spacial score (nSPS) is 14.0. The molecule has 0 fully saturated rings. The zero-order valence-electron chi connectivity index (χ0n) is 26.0. The lowest BCUT2D eigenvalue weighted by molar-refractivity contribution is -0.121. The van der Waals surface area contributed by atoms with Gasteiger partial charge in [0.2, 0.25) is 0 Å². The Morgan fingerprint density at radius 1 is 0.500 bits per heavy atom. The number of carbonyl (C=O) groups is 1. The summed E-state index contributed by atoms with van der Waals surface area (Å²) in [4.78, 5) is 14.8. The molecule has 0 aliphatic carbocycles. The van der Waals surface area contributed by atoms with Crippen LogP contribution in [-0.4, -0.2) is 16.4 Å². The van der Waals surface area contributed by atoms with Crippen LogP contribution in [0.5, 0.6) is 0 Å². The molecule has 0 aliphatic rings. The van der Waals surface area contributed by atoms with Crippen LogP contribution in [0.2, 0.25) is 0 Å². The van der Waals surface area contributed by atoms with Crippen LogP contribution in [0.1, 0.15) is 175 Å². The molecule has 2 atom stereocenters. The lowest BCUT2D eigenvalue weighted by Gasteiger charge is -2.32. The van der Waals surface area contributed by atoms with E-state index < -0.39 is 0 Å². The molecular weight excluding hydrogens is 596 g/mol. The van der Waals surface area contributed by atoms with Gasteiger partial charge in [-0.05, 0) is 80.0 Å². The Kier molecular flexibility index (Phi) is 12.4. The summed E-state index contributed by atoms with van der Waals surface area (Å²) >= 11 is 7.65. The number of carbonyl (C=O) groups excluding carboxylic acids is 1. The van der Waals surface area contributed by atoms with Crippen molar-refractivity contribution in [1.82, 2.24) is 0 Å². The van der Waals surface area contributed by atoms with E-state index >= 15 is 0 Å². The molecule has 0 aromatic heterocycles. The van der Waals surface area contributed by atoms with Crippen LogP contribution in [-0.2, 0) is 4.79 Å². The van der Waals surface area contributed by atoms with Gasteiger partial charge < -0.3 is 0 Å². The molecule has 38 heavy (non-hydrogen) atoms. The molecule has 2 aromatic carbocycles. The summed E-state index contributed by atoms with van der Waals surface area (Å²) in [5.41, 5.74) is 10.6. The van der Waals surface area contributed by atoms with Crippen molar-refractivity contribution in [2.24, 2.45) is 0 Å². The minimum atomic E-state index is -0.196. The lowest BCUT2D eigenvalue weighted by Crippen LogP contribution is -2.28. The minimum Gasteiger partial charge on any atom is -0.298 e. The van der Waals surface area contributed by atoms with E-state index in [0.717, 1.165) is 0 Å². The second kappa shape index (κ2) is 14.1. The Morgan fingerprint density at radius 2 is 0.737 bits per heavy atom. The summed E-state index contributed by atoms with van der Waals surface area (Å²) in [5.74, 6) is 2.23. The number of halogens is 2. The fourth-order valence-corrected chi connectivity index (χ4v) is 6.95. The van der Waals surface area contributed by atoms with E-state index in [0.29, 0.717) is 52.0 Å². The molecule has 0 saturated heterocycles. The first kappa shape index (κ1) is 33.3. The van der Waals surface area contributed by atoms with Gasteiger partial charge in [0, 0.05) is 10.7 Å². The fraction of sp³-hybridized carbons (Fsp3) is 0.629. The van der Waals surface area contributed by atoms with Gasteiger partial charge in [0.1, 0.15) is 5.78 Å². The predicted molar refractivity (Wildman–Crippen MR) is 175 cm³/mol. The SMILES string of the molecule is CC(C)c1cc(C(C)C)c(C(CBr)C(=O)C(CBr)c2c(C(C)C)cc(C(C)C)cc2C(C)C)c(C(C)C)c1. The van der Waals surface area contributed by atoms with Crippen LogP contribution in [0.25, 0.3) is 0 Å². The Bertz CT molecular complexity index is 948. The fourth-order valence-electron chi connectivity index (χ4n) is 5.66. The number of hydrogen-bond donors (Lipinski definition) is 0. The summed E-state index contributed by atoms with van der Waals surface area (Å²) in [6.07, 6.45) is 0. The number of benzene rings is 2. The predicted octanol–water partition coefficient (Wildman–Crippen LogP) is 11.7. The van der Waals surface area contributed by atoms with E-state index in [9.17, 15) is 4.79 Å². The molecule has 3 heteroatoms. The molecule has 0 radical (unpaired) electrons. The summed E-state index contributed by atoms with van der Waals surface area (Å²) in [5, 5.41) is 1.27. The molecule has 0 bridgehead atoms. The van der Waals surface area contributed by atoms with E-state index in [-0.39, 0.29) is 11.8 Å². The number of hydrogen-bond acceptors (Lipinski definition) is 1. The van der Waals surface area contributed by atoms with Crippen LogP contribution < -0.4 is 0 Å². The molecule has 0 saturated carbocycles. The highest BCUT2D eigenvalue weighted by Gasteiger charge is 2.35. The first-order valence-corrected chi connectivity index (χ1v) is 16.9. The maximum atomic E-state index is 14.8. The quantitative estimate of drug-likeness (QED) is 0.209. The minimum absolute atomic E-state index is 0.196. The van der Waals surface area contributed by atoms with Crippen molar-refractivity contribution in [3.05, 3.63) is 68.8 Å². The van der Waals surface area contributed by atoms with Crippen molar-refractivity contribution in [1.29, 1.82) is 0 Å². The Balaban J connectivity index is 2.87. The second-order valence-corrected chi connectivity index (χ2v) is 14.3. The van der Waals surface area contributed by atoms with E-state index in [1.54, 1.807) is 0 Å². The van der Waals surface area contributed by atoms with E-state index in [1.165, 1.54) is 44.5 Å². The Hall–Kier alpha value is -0.930. The molecule has 0 N–H and O–H groups in total. The number of ketones is 1. The third-order valence-electron chi connectivity index (χ3n) is 8.05. The average Bonchev–Trinajstić information content (AvgIpc) is 2.83. The van der Waals surface area contributed by atoms with E-state index in [1.807, 2.05) is 0 Å². The van der Waals surface area contributed by atoms with Gasteiger partial charge in [-0.25, -0.2) is 0 Å². The third kappa shape index (κ3) is 7.22. The van der Waals surface area contributed by atoms with E-state index in [4.69, 9.17) is 0 Å². The summed E-state index contributed by atoms with van der Waals surface area (Å²) in [6.45, 7) is 27.2. The Morgan fingerprint density at radius 3 is 0.895 bits per heavy atom. The lowest BCUT2D eigenvalue weighted by atomic mass is 9.73. The highest BCUT2D eigenvalue weighted by Crippen LogP contribution is 2.43. The van der Waals surface area contributed by atoms with Crippen molar-refractivity contribution in [2.75, 3.05) is 10.7 Å². The summed E-state index contributed by atoms with van der Waals surface area (Å²) < 4.78 is 0. The number of rotatable bonds is 12. The van der Waals surface area contributed by atoms with Gasteiger partial charge in [-0.15, -0.1) is 0 Å². The first-order valence-electron chi connectivity index (χ1n) is 14.7. The molecule has 0 amide bonds. The van der Waals surface area contributed by atoms with Crippen molar-refractivity contribution in [3.63, 3.8) is 0 Å². The van der Waals surface area contributed by atoms with Crippen molar-refractivity contribution in [2.45, 2.75) is 130 Å². The molecule has 0 aliphatic heterocycles. The van der Waals surface area contributed by atoms with Crippen molar-refractivity contribution in [3.8, 4) is 0 Å². The monoisotopic (exact) mass is 646 g/mol. The highest BCUT2D eigenvalue weighted by molar-refractivity contribution is 9.09. The topological polar surface area (TPSA) is 17.1 Å². The smallest absolute Gasteiger partial charge is 0.149 e. The largest absolute Gasteiger partial charge is 0.298 e. The van der Waals surface area contributed by atoms with E-state index in [2.05, 4.69) is 139 Å². The van der Waals surface area contributed by atoms with Gasteiger partial charge in [0.15, 0.2) is 0 Å². The van der Waals surface area contributed by atoms with Crippen molar-refractivity contribution < 1.29 is 4.79 Å². The van der Waals surface area contributed by atoms with Crippen LogP contribution in [0, 0.1) is 0 Å². The van der Waals surface area contributed by atoms with Crippen LogP contribution in [0.3, 0.4) is 0 Å². The number of alkyl halides is 2. The average molecular weight is 649 g/mol. The highest BCUT2D eigenvalue weighted by atomic mass is 79.9. The second-order valence-electron chi connectivity index (χ2n) is 13.0. The van der Waals surface area contributed by atoms with Gasteiger partial charge in [0.05, 0.1) is 11.8 Å². The zero-order valence-corrected chi connectivity index (χ0v) is 29.2. The standard InChI is InChI=1S/C35H52Br2O/c1-19(2)25-13-27(21(5)6)33(28(14-25)22(7)8)31(17-36)35(38)32(18-37)34-29(23(9)10)15-26(20(3)4)16-30(34)24(11)12/h13-16,19-24,31-32H,17-18H2,1-12H3. The van der Waals surface area contributed by atoms with Crippen LogP contribution >= 0.6 is 31.9 Å². The maximum Gasteiger partial charge on any atom is 0.149 e. The summed E-state index contributed by atoms with van der Waals surface area (Å²) in [7, 11) is 0. The van der Waals surface area contributed by atoms with Crippen molar-refractivity contribution >= 4 is 37.6 Å². The third-order valence-corrected chi connectivity index (χ3v) is 9.34. The van der Waals surface area contributed by atoms with Crippen LogP contribution in [0.15, 0.2) is 24.3 Å². The molecule has 212 valence electrons. The molecule has 0 spiro atoms. The van der Waals surface area contributed by atoms with Gasteiger partial charge in [-0.1, -0.05) is 139 Å². The number of Topliss-reactive ketones (excluding diaryl/α,β-unsaturated/α-hetero) is 1. The van der Waals surface area contributed by atoms with Gasteiger partial charge in [-0.3, -0.25) is 4.79 Å². The molecule has 2 unspecified atom stereocenters. The van der Waals surface area contributed by atoms with Crippen LogP contribution in [0.4, 0.5) is 0 Å². The summed E-state index contributed by atoms with van der Waals surface area (Å²) in [6, 6.07) is 9.50. The molecule has 1 nitrogen and oxygen atoms in total. The zero-order chi connectivity index (χ0) is 29.1. The molecule has 2 rings (SSSR count). The molecule has 2 aromatic rings. The Labute approximate surface area is 251 Å². The molecular formula is C35H52Br2O. The van der Waals surface area contributed by atoms with Gasteiger partial charge in [0.25, 0.3) is 0 Å². The maximum absolute atomic E-state index is 14.8. The first-order chi connectivity index (χ1) is 17.7. The van der Waals surface area contributed by atoms with Gasteiger partial charge in [-0.2, -0.15) is 0 Å².